The molecule has 0 aliphatic heterocycles. The standard InChI is InChI=1S/C17H24N4O2.ClH/c1-3-4-5-13(11-18)19-17(23)15-10-16(22)21(20-15)14-8-6-12(2)7-9-14;/h6-10,13,20H,3-5,11,18H2,1-2H3,(H,19,23);1H. The van der Waals surface area contributed by atoms with Gasteiger partial charge in [-0.25, -0.2) is 4.68 Å². The number of aryl methyl sites for hydroxylation is 1. The summed E-state index contributed by atoms with van der Waals surface area (Å²) in [5.41, 5.74) is 7.46. The van der Waals surface area contributed by atoms with Crippen molar-refractivity contribution in [2.45, 2.75) is 39.2 Å². The Morgan fingerprint density at radius 2 is 2.00 bits per heavy atom. The van der Waals surface area contributed by atoms with Gasteiger partial charge in [0, 0.05) is 18.7 Å². The predicted molar refractivity (Wildman–Crippen MR) is 98.2 cm³/mol. The summed E-state index contributed by atoms with van der Waals surface area (Å²) in [6.45, 7) is 4.45. The molecule has 1 aromatic heterocycles. The Hall–Kier alpha value is -2.05. The van der Waals surface area contributed by atoms with Crippen LogP contribution < -0.4 is 16.6 Å². The van der Waals surface area contributed by atoms with E-state index in [0.29, 0.717) is 12.2 Å². The number of H-pyrrole nitrogens is 1. The molecule has 2 aromatic rings. The zero-order valence-corrected chi connectivity index (χ0v) is 14.9. The number of aromatic amines is 1. The van der Waals surface area contributed by atoms with Gasteiger partial charge < -0.3 is 11.1 Å². The molecule has 1 heterocycles. The van der Waals surface area contributed by atoms with Crippen LogP contribution in [0.2, 0.25) is 0 Å². The van der Waals surface area contributed by atoms with E-state index in [-0.39, 0.29) is 35.6 Å². The Morgan fingerprint density at radius 1 is 1.33 bits per heavy atom. The van der Waals surface area contributed by atoms with Crippen LogP contribution in [-0.4, -0.2) is 28.3 Å². The lowest BCUT2D eigenvalue weighted by molar-refractivity contribution is 0.0930. The number of nitrogens with two attached hydrogens (primary N) is 1. The van der Waals surface area contributed by atoms with E-state index >= 15 is 0 Å². The second kappa shape index (κ2) is 9.30. The number of benzene rings is 1. The van der Waals surface area contributed by atoms with Crippen LogP contribution in [0.1, 0.15) is 42.2 Å². The van der Waals surface area contributed by atoms with E-state index in [0.717, 1.165) is 24.8 Å². The van der Waals surface area contributed by atoms with Crippen LogP contribution in [-0.2, 0) is 0 Å². The highest BCUT2D eigenvalue weighted by Crippen LogP contribution is 2.07. The smallest absolute Gasteiger partial charge is 0.271 e. The summed E-state index contributed by atoms with van der Waals surface area (Å²) in [6, 6.07) is 8.73. The molecule has 4 N–H and O–H groups in total. The van der Waals surface area contributed by atoms with E-state index in [9.17, 15) is 9.59 Å². The number of carbonyl (C=O) groups is 1. The first-order chi connectivity index (χ1) is 11.0. The molecule has 0 aliphatic rings. The summed E-state index contributed by atoms with van der Waals surface area (Å²) in [4.78, 5) is 24.4. The fourth-order valence-electron chi connectivity index (χ4n) is 2.36. The number of rotatable bonds is 7. The summed E-state index contributed by atoms with van der Waals surface area (Å²) >= 11 is 0. The van der Waals surface area contributed by atoms with Gasteiger partial charge in [-0.3, -0.25) is 14.7 Å². The third kappa shape index (κ3) is 4.97. The topological polar surface area (TPSA) is 92.9 Å². The molecule has 0 saturated heterocycles. The zero-order valence-electron chi connectivity index (χ0n) is 14.0. The predicted octanol–water partition coefficient (Wildman–Crippen LogP) is 2.14. The molecule has 1 amide bonds. The van der Waals surface area contributed by atoms with Crippen LogP contribution in [0.25, 0.3) is 5.69 Å². The van der Waals surface area contributed by atoms with Gasteiger partial charge in [-0.05, 0) is 25.5 Å². The number of nitrogens with one attached hydrogen (secondary N) is 2. The average Bonchev–Trinajstić information content (AvgIpc) is 2.94. The second-order valence-electron chi connectivity index (χ2n) is 5.73. The lowest BCUT2D eigenvalue weighted by atomic mass is 10.1. The number of unbranched alkanes of at least 4 members (excludes halogenated alkanes) is 1. The summed E-state index contributed by atoms with van der Waals surface area (Å²) in [7, 11) is 0. The highest BCUT2D eigenvalue weighted by Gasteiger charge is 2.15. The fraction of sp³-hybridized carbons (Fsp3) is 0.412. The molecule has 7 heteroatoms. The molecule has 2 rings (SSSR count). The highest BCUT2D eigenvalue weighted by molar-refractivity contribution is 5.92. The van der Waals surface area contributed by atoms with Crippen LogP contribution in [0.3, 0.4) is 0 Å². The van der Waals surface area contributed by atoms with Crippen LogP contribution in [0, 0.1) is 6.92 Å². The lowest BCUT2D eigenvalue weighted by Gasteiger charge is -2.15. The van der Waals surface area contributed by atoms with Crippen LogP contribution in [0.4, 0.5) is 0 Å². The van der Waals surface area contributed by atoms with Crippen molar-refractivity contribution < 1.29 is 4.79 Å². The second-order valence-corrected chi connectivity index (χ2v) is 5.73. The fourth-order valence-corrected chi connectivity index (χ4v) is 2.36. The van der Waals surface area contributed by atoms with Gasteiger partial charge in [0.25, 0.3) is 11.5 Å². The minimum absolute atomic E-state index is 0. The first kappa shape index (κ1) is 20.0. The number of nitrogens with zero attached hydrogens (tertiary/aromatic N) is 1. The van der Waals surface area contributed by atoms with Crippen molar-refractivity contribution in [3.05, 3.63) is 51.9 Å². The minimum atomic E-state index is -0.306. The molecule has 0 saturated carbocycles. The van der Waals surface area contributed by atoms with Gasteiger partial charge in [0.2, 0.25) is 0 Å². The molecule has 24 heavy (non-hydrogen) atoms. The number of hydrogen-bond donors (Lipinski definition) is 3. The maximum absolute atomic E-state index is 12.3. The molecule has 0 aliphatic carbocycles. The third-order valence-electron chi connectivity index (χ3n) is 3.78. The van der Waals surface area contributed by atoms with Crippen LogP contribution in [0.5, 0.6) is 0 Å². The Balaban J connectivity index is 0.00000288. The summed E-state index contributed by atoms with van der Waals surface area (Å²) in [6.07, 6.45) is 2.89. The maximum atomic E-state index is 12.3. The molecule has 0 radical (unpaired) electrons. The molecule has 0 spiro atoms. The number of hydrogen-bond acceptors (Lipinski definition) is 3. The van der Waals surface area contributed by atoms with E-state index < -0.39 is 0 Å². The van der Waals surface area contributed by atoms with Crippen molar-refractivity contribution in [2.24, 2.45) is 5.73 Å². The van der Waals surface area contributed by atoms with Crippen molar-refractivity contribution in [3.63, 3.8) is 0 Å². The Bertz CT molecular complexity index is 706. The molecule has 1 unspecified atom stereocenters. The Labute approximate surface area is 147 Å². The van der Waals surface area contributed by atoms with Gasteiger partial charge in [-0.2, -0.15) is 0 Å². The number of carbonyl (C=O) groups excluding carboxylic acids is 1. The monoisotopic (exact) mass is 352 g/mol. The van der Waals surface area contributed by atoms with Crippen molar-refractivity contribution >= 4 is 18.3 Å². The Kier molecular flexibility index (Phi) is 7.74. The van der Waals surface area contributed by atoms with Gasteiger partial charge in [0.1, 0.15) is 5.69 Å². The maximum Gasteiger partial charge on any atom is 0.271 e. The normalized spacial score (nSPS) is 11.6. The van der Waals surface area contributed by atoms with Gasteiger partial charge in [0.15, 0.2) is 0 Å². The zero-order chi connectivity index (χ0) is 16.8. The largest absolute Gasteiger partial charge is 0.347 e. The third-order valence-corrected chi connectivity index (χ3v) is 3.78. The molecule has 1 atom stereocenters. The number of halogens is 1. The molecular weight excluding hydrogens is 328 g/mol. The molecule has 1 aromatic carbocycles. The van der Waals surface area contributed by atoms with Gasteiger partial charge in [0.05, 0.1) is 5.69 Å². The van der Waals surface area contributed by atoms with Crippen molar-refractivity contribution in [1.82, 2.24) is 15.1 Å². The highest BCUT2D eigenvalue weighted by atomic mass is 35.5. The van der Waals surface area contributed by atoms with Crippen LogP contribution >= 0.6 is 12.4 Å². The van der Waals surface area contributed by atoms with Crippen LogP contribution in [0.15, 0.2) is 35.1 Å². The van der Waals surface area contributed by atoms with E-state index in [4.69, 9.17) is 5.73 Å². The van der Waals surface area contributed by atoms with E-state index in [1.54, 1.807) is 0 Å². The molecular formula is C17H25ClN4O2. The lowest BCUT2D eigenvalue weighted by Crippen LogP contribution is -2.40. The SMILES string of the molecule is CCCCC(CN)NC(=O)c1cc(=O)n(-c2ccc(C)cc2)[nH]1.Cl. The molecule has 6 nitrogen and oxygen atoms in total. The first-order valence-corrected chi connectivity index (χ1v) is 7.95. The first-order valence-electron chi connectivity index (χ1n) is 7.95. The Morgan fingerprint density at radius 3 is 2.58 bits per heavy atom. The molecule has 0 fully saturated rings. The van der Waals surface area contributed by atoms with Crippen molar-refractivity contribution in [2.75, 3.05) is 6.54 Å². The number of aromatic nitrogens is 2. The van der Waals surface area contributed by atoms with Crippen molar-refractivity contribution in [1.29, 1.82) is 0 Å². The van der Waals surface area contributed by atoms with Gasteiger partial charge >= 0.3 is 0 Å². The van der Waals surface area contributed by atoms with E-state index in [2.05, 4.69) is 17.3 Å². The van der Waals surface area contributed by atoms with Crippen molar-refractivity contribution in [3.8, 4) is 5.69 Å². The summed E-state index contributed by atoms with van der Waals surface area (Å²) in [5.74, 6) is -0.306. The van der Waals surface area contributed by atoms with Gasteiger partial charge in [-0.15, -0.1) is 12.4 Å². The quantitative estimate of drug-likeness (QED) is 0.712. The van der Waals surface area contributed by atoms with Gasteiger partial charge in [-0.1, -0.05) is 37.5 Å². The summed E-state index contributed by atoms with van der Waals surface area (Å²) in [5, 5.41) is 5.73. The number of amides is 1. The molecule has 132 valence electrons. The summed E-state index contributed by atoms with van der Waals surface area (Å²) < 4.78 is 1.36. The van der Waals surface area contributed by atoms with E-state index in [1.165, 1.54) is 10.7 Å². The minimum Gasteiger partial charge on any atom is -0.347 e. The average molecular weight is 353 g/mol. The molecule has 0 bridgehead atoms. The van der Waals surface area contributed by atoms with E-state index in [1.807, 2.05) is 31.2 Å².